The van der Waals surface area contributed by atoms with E-state index in [1.54, 1.807) is 7.05 Å². The van der Waals surface area contributed by atoms with E-state index in [-0.39, 0.29) is 18.0 Å². The van der Waals surface area contributed by atoms with Crippen molar-refractivity contribution in [2.75, 3.05) is 20.1 Å². The molecule has 2 fully saturated rings. The molecule has 21 heavy (non-hydrogen) atoms. The fourth-order valence-corrected chi connectivity index (χ4v) is 3.16. The van der Waals surface area contributed by atoms with Gasteiger partial charge in [-0.15, -0.1) is 0 Å². The van der Waals surface area contributed by atoms with Gasteiger partial charge in [0.25, 0.3) is 0 Å². The monoisotopic (exact) mass is 294 g/mol. The normalized spacial score (nSPS) is 21.4. The van der Waals surface area contributed by atoms with Crippen LogP contribution < -0.4 is 16.0 Å². The SMILES string of the molecule is CN=C(NCC(=O)NC(C)(C)C)NCC1(C2CC2)CCC1. The number of carbonyl (C=O) groups is 1. The molecule has 2 saturated carbocycles. The van der Waals surface area contributed by atoms with Gasteiger partial charge in [-0.25, -0.2) is 0 Å². The highest BCUT2D eigenvalue weighted by atomic mass is 16.2. The van der Waals surface area contributed by atoms with Gasteiger partial charge in [-0.1, -0.05) is 6.42 Å². The summed E-state index contributed by atoms with van der Waals surface area (Å²) in [7, 11) is 1.75. The number of guanidine groups is 1. The summed E-state index contributed by atoms with van der Waals surface area (Å²) in [4.78, 5) is 16.0. The average Bonchev–Trinajstić information content (AvgIpc) is 3.14. The molecule has 0 atom stereocenters. The molecule has 1 amide bonds. The molecule has 0 spiro atoms. The second-order valence-corrected chi connectivity index (χ2v) is 7.57. The first-order valence-electron chi connectivity index (χ1n) is 8.10. The minimum Gasteiger partial charge on any atom is -0.356 e. The molecule has 2 aliphatic carbocycles. The minimum absolute atomic E-state index is 0.00833. The molecule has 0 saturated heterocycles. The standard InChI is InChI=1S/C16H30N4O/c1-15(2,3)20-13(21)10-18-14(17-4)19-11-16(8-5-9-16)12-6-7-12/h12H,5-11H2,1-4H3,(H,20,21)(H2,17,18,19). The molecule has 0 aromatic heterocycles. The Bertz CT molecular complexity index is 403. The van der Waals surface area contributed by atoms with Crippen LogP contribution in [0, 0.1) is 11.3 Å². The Balaban J connectivity index is 1.72. The summed E-state index contributed by atoms with van der Waals surface area (Å²) >= 11 is 0. The van der Waals surface area contributed by atoms with Crippen LogP contribution in [-0.4, -0.2) is 37.5 Å². The summed E-state index contributed by atoms with van der Waals surface area (Å²) in [6, 6.07) is 0. The van der Waals surface area contributed by atoms with E-state index in [1.165, 1.54) is 32.1 Å². The van der Waals surface area contributed by atoms with Crippen molar-refractivity contribution < 1.29 is 4.79 Å². The Morgan fingerprint density at radius 3 is 2.33 bits per heavy atom. The Morgan fingerprint density at radius 1 is 1.24 bits per heavy atom. The number of nitrogens with zero attached hydrogens (tertiary/aromatic N) is 1. The lowest BCUT2D eigenvalue weighted by Gasteiger charge is -2.43. The average molecular weight is 294 g/mol. The number of hydrogen-bond acceptors (Lipinski definition) is 2. The third kappa shape index (κ3) is 4.61. The van der Waals surface area contributed by atoms with Crippen molar-refractivity contribution in [3.63, 3.8) is 0 Å². The van der Waals surface area contributed by atoms with Gasteiger partial charge in [-0.2, -0.15) is 0 Å². The van der Waals surface area contributed by atoms with E-state index in [2.05, 4.69) is 20.9 Å². The Kier molecular flexibility index (Phi) is 4.79. The number of aliphatic imine (C=N–C) groups is 1. The van der Waals surface area contributed by atoms with Crippen LogP contribution in [0.15, 0.2) is 4.99 Å². The molecular formula is C16H30N4O. The van der Waals surface area contributed by atoms with Crippen molar-refractivity contribution in [2.24, 2.45) is 16.3 Å². The molecular weight excluding hydrogens is 264 g/mol. The molecule has 3 N–H and O–H groups in total. The fourth-order valence-electron chi connectivity index (χ4n) is 3.16. The third-order valence-corrected chi connectivity index (χ3v) is 4.56. The number of hydrogen-bond donors (Lipinski definition) is 3. The van der Waals surface area contributed by atoms with Crippen molar-refractivity contribution in [3.8, 4) is 0 Å². The molecule has 0 aromatic carbocycles. The molecule has 0 radical (unpaired) electrons. The number of rotatable bonds is 5. The molecule has 0 aromatic rings. The Morgan fingerprint density at radius 2 is 1.90 bits per heavy atom. The van der Waals surface area contributed by atoms with E-state index in [0.717, 1.165) is 18.4 Å². The zero-order valence-electron chi connectivity index (χ0n) is 13.9. The lowest BCUT2D eigenvalue weighted by molar-refractivity contribution is -0.121. The van der Waals surface area contributed by atoms with Gasteiger partial charge in [0.05, 0.1) is 6.54 Å². The summed E-state index contributed by atoms with van der Waals surface area (Å²) in [5, 5.41) is 9.45. The maximum absolute atomic E-state index is 11.8. The molecule has 120 valence electrons. The van der Waals surface area contributed by atoms with E-state index in [9.17, 15) is 4.79 Å². The van der Waals surface area contributed by atoms with Gasteiger partial charge < -0.3 is 16.0 Å². The fraction of sp³-hybridized carbons (Fsp3) is 0.875. The van der Waals surface area contributed by atoms with Crippen LogP contribution in [0.2, 0.25) is 0 Å². The molecule has 0 heterocycles. The number of carbonyl (C=O) groups excluding carboxylic acids is 1. The van der Waals surface area contributed by atoms with Crippen LogP contribution in [0.25, 0.3) is 0 Å². The highest BCUT2D eigenvalue weighted by molar-refractivity contribution is 5.86. The predicted octanol–water partition coefficient (Wildman–Crippen LogP) is 1.65. The molecule has 5 nitrogen and oxygen atoms in total. The zero-order chi connectivity index (χ0) is 15.5. The van der Waals surface area contributed by atoms with Gasteiger partial charge in [0.1, 0.15) is 0 Å². The van der Waals surface area contributed by atoms with Crippen LogP contribution in [0.5, 0.6) is 0 Å². The van der Waals surface area contributed by atoms with Gasteiger partial charge >= 0.3 is 0 Å². The van der Waals surface area contributed by atoms with E-state index < -0.39 is 0 Å². The smallest absolute Gasteiger partial charge is 0.239 e. The maximum Gasteiger partial charge on any atom is 0.239 e. The molecule has 2 aliphatic rings. The first-order chi connectivity index (χ1) is 9.85. The van der Waals surface area contributed by atoms with Gasteiger partial charge in [0.15, 0.2) is 5.96 Å². The van der Waals surface area contributed by atoms with Crippen LogP contribution in [0.4, 0.5) is 0 Å². The molecule has 2 rings (SSSR count). The summed E-state index contributed by atoms with van der Waals surface area (Å²) in [6.45, 7) is 7.18. The van der Waals surface area contributed by atoms with Crippen molar-refractivity contribution in [2.45, 2.75) is 58.4 Å². The van der Waals surface area contributed by atoms with Gasteiger partial charge in [-0.05, 0) is 57.8 Å². The van der Waals surface area contributed by atoms with E-state index >= 15 is 0 Å². The quantitative estimate of drug-likeness (QED) is 0.533. The van der Waals surface area contributed by atoms with Crippen LogP contribution in [0.3, 0.4) is 0 Å². The van der Waals surface area contributed by atoms with Crippen LogP contribution in [-0.2, 0) is 4.79 Å². The van der Waals surface area contributed by atoms with Crippen molar-refractivity contribution in [3.05, 3.63) is 0 Å². The lowest BCUT2D eigenvalue weighted by Crippen LogP contribution is -2.51. The summed E-state index contributed by atoms with van der Waals surface area (Å²) in [5.41, 5.74) is 0.308. The van der Waals surface area contributed by atoms with Gasteiger partial charge in [0, 0.05) is 19.1 Å². The summed E-state index contributed by atoms with van der Waals surface area (Å²) in [6.07, 6.45) is 6.82. The van der Waals surface area contributed by atoms with Crippen molar-refractivity contribution >= 4 is 11.9 Å². The summed E-state index contributed by atoms with van der Waals surface area (Å²) < 4.78 is 0. The first kappa shape index (κ1) is 16.1. The lowest BCUT2D eigenvalue weighted by atomic mass is 9.65. The topological polar surface area (TPSA) is 65.5 Å². The highest BCUT2D eigenvalue weighted by Crippen LogP contribution is 2.56. The summed E-state index contributed by atoms with van der Waals surface area (Å²) in [5.74, 6) is 1.64. The molecule has 0 bridgehead atoms. The highest BCUT2D eigenvalue weighted by Gasteiger charge is 2.48. The molecule has 5 heteroatoms. The first-order valence-corrected chi connectivity index (χ1v) is 8.10. The van der Waals surface area contributed by atoms with Crippen LogP contribution in [0.1, 0.15) is 52.9 Å². The number of amides is 1. The second-order valence-electron chi connectivity index (χ2n) is 7.57. The number of nitrogens with one attached hydrogen (secondary N) is 3. The maximum atomic E-state index is 11.8. The van der Waals surface area contributed by atoms with E-state index in [1.807, 2.05) is 20.8 Å². The molecule has 0 unspecified atom stereocenters. The van der Waals surface area contributed by atoms with E-state index in [0.29, 0.717) is 5.41 Å². The van der Waals surface area contributed by atoms with Crippen molar-refractivity contribution in [1.29, 1.82) is 0 Å². The Hall–Kier alpha value is -1.26. The Labute approximate surface area is 128 Å². The van der Waals surface area contributed by atoms with Crippen molar-refractivity contribution in [1.82, 2.24) is 16.0 Å². The zero-order valence-corrected chi connectivity index (χ0v) is 13.9. The van der Waals surface area contributed by atoms with Gasteiger partial charge in [-0.3, -0.25) is 9.79 Å². The predicted molar refractivity (Wildman–Crippen MR) is 86.3 cm³/mol. The minimum atomic E-state index is -0.197. The second kappa shape index (κ2) is 6.24. The van der Waals surface area contributed by atoms with Crippen LogP contribution >= 0.6 is 0 Å². The third-order valence-electron chi connectivity index (χ3n) is 4.56. The largest absolute Gasteiger partial charge is 0.356 e. The molecule has 0 aliphatic heterocycles. The van der Waals surface area contributed by atoms with E-state index in [4.69, 9.17) is 0 Å². The van der Waals surface area contributed by atoms with Gasteiger partial charge in [0.2, 0.25) is 5.91 Å².